The van der Waals surface area contributed by atoms with E-state index >= 15 is 0 Å². The molecule has 3 rings (SSSR count). The lowest BCUT2D eigenvalue weighted by atomic mass is 10.0. The summed E-state index contributed by atoms with van der Waals surface area (Å²) in [5.74, 6) is -5.26. The van der Waals surface area contributed by atoms with Gasteiger partial charge in [0, 0.05) is 29.9 Å². The van der Waals surface area contributed by atoms with Crippen LogP contribution in [0.15, 0.2) is 54.7 Å². The van der Waals surface area contributed by atoms with Gasteiger partial charge in [0.2, 0.25) is 17.7 Å². The van der Waals surface area contributed by atoms with Crippen molar-refractivity contribution in [3.05, 3.63) is 65.9 Å². The van der Waals surface area contributed by atoms with Crippen molar-refractivity contribution in [1.29, 1.82) is 0 Å². The van der Waals surface area contributed by atoms with E-state index in [1.54, 1.807) is 18.3 Å². The van der Waals surface area contributed by atoms with Gasteiger partial charge in [0.1, 0.15) is 23.9 Å². The first kappa shape index (κ1) is 28.7. The van der Waals surface area contributed by atoms with Crippen LogP contribution >= 0.6 is 0 Å². The molecule has 3 unspecified atom stereocenters. The van der Waals surface area contributed by atoms with E-state index in [0.717, 1.165) is 10.9 Å². The fourth-order valence-electron chi connectivity index (χ4n) is 3.98. The van der Waals surface area contributed by atoms with Crippen LogP contribution in [0.5, 0.6) is 5.75 Å². The maximum absolute atomic E-state index is 13.4. The highest BCUT2D eigenvalue weighted by Crippen LogP contribution is 2.19. The number of carboxylic acid groups (broad SMARTS) is 2. The minimum Gasteiger partial charge on any atom is -0.508 e. The Morgan fingerprint density at radius 3 is 2.10 bits per heavy atom. The lowest BCUT2D eigenvalue weighted by Gasteiger charge is -2.24. The van der Waals surface area contributed by atoms with E-state index in [9.17, 15) is 39.3 Å². The molecule has 0 aliphatic heterocycles. The molecule has 3 amide bonds. The van der Waals surface area contributed by atoms with Crippen molar-refractivity contribution >= 4 is 40.6 Å². The average molecular weight is 540 g/mol. The molecule has 0 bridgehead atoms. The number of amides is 3. The van der Waals surface area contributed by atoms with Gasteiger partial charge in [-0.25, -0.2) is 4.79 Å². The second-order valence-corrected chi connectivity index (χ2v) is 8.82. The predicted molar refractivity (Wildman–Crippen MR) is 139 cm³/mol. The summed E-state index contributed by atoms with van der Waals surface area (Å²) in [6.45, 7) is -0.486. The summed E-state index contributed by atoms with van der Waals surface area (Å²) in [6, 6.07) is 8.78. The quantitative estimate of drug-likeness (QED) is 0.142. The van der Waals surface area contributed by atoms with Crippen LogP contribution in [0.2, 0.25) is 0 Å². The molecule has 0 spiro atoms. The summed E-state index contributed by atoms with van der Waals surface area (Å²) in [5, 5.41) is 36.3. The summed E-state index contributed by atoms with van der Waals surface area (Å²) in [5.41, 5.74) is 7.21. The topological polar surface area (TPSA) is 224 Å². The molecule has 0 radical (unpaired) electrons. The zero-order valence-electron chi connectivity index (χ0n) is 20.7. The number of carboxylic acids is 2. The SMILES string of the molecule is NCC(=O)NC(CC(=O)O)C(=O)NC(Cc1c[nH]c2ccccc12)C(=O)NC(Cc1ccc(O)cc1)C(=O)O. The number of aliphatic carboxylic acids is 2. The highest BCUT2D eigenvalue weighted by Gasteiger charge is 2.31. The van der Waals surface area contributed by atoms with E-state index < -0.39 is 60.8 Å². The van der Waals surface area contributed by atoms with Gasteiger partial charge in [0.25, 0.3) is 0 Å². The number of rotatable bonds is 13. The first-order chi connectivity index (χ1) is 18.6. The first-order valence-corrected chi connectivity index (χ1v) is 11.9. The normalized spacial score (nSPS) is 13.2. The van der Waals surface area contributed by atoms with Crippen molar-refractivity contribution in [2.24, 2.45) is 5.73 Å². The monoisotopic (exact) mass is 539 g/mol. The number of hydrogen-bond acceptors (Lipinski definition) is 7. The van der Waals surface area contributed by atoms with Gasteiger partial charge >= 0.3 is 11.9 Å². The second kappa shape index (κ2) is 13.1. The molecule has 39 heavy (non-hydrogen) atoms. The number of carbonyl (C=O) groups excluding carboxylic acids is 3. The molecule has 0 saturated heterocycles. The lowest BCUT2D eigenvalue weighted by molar-refractivity contribution is -0.143. The number of phenols is 1. The molecule has 3 atom stereocenters. The number of aromatic amines is 1. The highest BCUT2D eigenvalue weighted by molar-refractivity contribution is 5.95. The molecule has 0 aliphatic rings. The number of aromatic hydroxyl groups is 1. The summed E-state index contributed by atoms with van der Waals surface area (Å²) in [7, 11) is 0. The number of benzene rings is 2. The largest absolute Gasteiger partial charge is 0.508 e. The van der Waals surface area contributed by atoms with Gasteiger partial charge in [0.05, 0.1) is 13.0 Å². The third-order valence-corrected chi connectivity index (χ3v) is 5.94. The lowest BCUT2D eigenvalue weighted by Crippen LogP contribution is -2.57. The number of nitrogens with two attached hydrogens (primary N) is 1. The van der Waals surface area contributed by atoms with Gasteiger partial charge in [-0.1, -0.05) is 30.3 Å². The fraction of sp³-hybridized carbons (Fsp3) is 0.269. The Morgan fingerprint density at radius 2 is 1.46 bits per heavy atom. The van der Waals surface area contributed by atoms with Crippen LogP contribution in [0.1, 0.15) is 17.5 Å². The molecule has 0 saturated carbocycles. The number of carbonyl (C=O) groups is 5. The molecule has 0 fully saturated rings. The molecule has 0 aliphatic carbocycles. The molecule has 2 aromatic carbocycles. The number of H-pyrrole nitrogens is 1. The van der Waals surface area contributed by atoms with Crippen molar-refractivity contribution in [3.8, 4) is 5.75 Å². The summed E-state index contributed by atoms with van der Waals surface area (Å²) < 4.78 is 0. The van der Waals surface area contributed by atoms with E-state index in [2.05, 4.69) is 20.9 Å². The standard InChI is InChI=1S/C26H29N5O8/c27-12-22(33)29-20(11-23(34)35)25(37)30-19(10-15-13-28-18-4-2-1-3-17(15)18)24(36)31-21(26(38)39)9-14-5-7-16(32)8-6-14/h1-8,13,19-21,28,32H,9-12,27H2,(H,29,33)(H,30,37)(H,31,36)(H,34,35)(H,38,39). The van der Waals surface area contributed by atoms with Gasteiger partial charge < -0.3 is 42.0 Å². The van der Waals surface area contributed by atoms with Crippen LogP contribution in [0.25, 0.3) is 10.9 Å². The van der Waals surface area contributed by atoms with Crippen molar-refractivity contribution < 1.29 is 39.3 Å². The summed E-state index contributed by atoms with van der Waals surface area (Å²) in [6.07, 6.45) is 0.700. The van der Waals surface area contributed by atoms with Crippen molar-refractivity contribution in [3.63, 3.8) is 0 Å². The number of hydrogen-bond donors (Lipinski definition) is 8. The van der Waals surface area contributed by atoms with Gasteiger partial charge in [0.15, 0.2) is 0 Å². The maximum atomic E-state index is 13.4. The maximum Gasteiger partial charge on any atom is 0.326 e. The molecule has 13 heteroatoms. The van der Waals surface area contributed by atoms with E-state index in [1.165, 1.54) is 24.3 Å². The Morgan fingerprint density at radius 1 is 0.821 bits per heavy atom. The van der Waals surface area contributed by atoms with Crippen LogP contribution < -0.4 is 21.7 Å². The van der Waals surface area contributed by atoms with Crippen molar-refractivity contribution in [2.75, 3.05) is 6.54 Å². The molecule has 1 heterocycles. The third kappa shape index (κ3) is 8.04. The van der Waals surface area contributed by atoms with Crippen LogP contribution in [-0.2, 0) is 36.8 Å². The molecule has 3 aromatic rings. The molecule has 206 valence electrons. The van der Waals surface area contributed by atoms with Gasteiger partial charge in [-0.2, -0.15) is 0 Å². The average Bonchev–Trinajstić information content (AvgIpc) is 3.30. The highest BCUT2D eigenvalue weighted by atomic mass is 16.4. The summed E-state index contributed by atoms with van der Waals surface area (Å²) in [4.78, 5) is 64.5. The Kier molecular flexibility index (Phi) is 9.59. The van der Waals surface area contributed by atoms with E-state index in [-0.39, 0.29) is 18.6 Å². The second-order valence-electron chi connectivity index (χ2n) is 8.82. The van der Waals surface area contributed by atoms with Crippen molar-refractivity contribution in [1.82, 2.24) is 20.9 Å². The molecule has 1 aromatic heterocycles. The number of aromatic nitrogens is 1. The zero-order chi connectivity index (χ0) is 28.5. The van der Waals surface area contributed by atoms with Crippen molar-refractivity contribution in [2.45, 2.75) is 37.4 Å². The number of fused-ring (bicyclic) bond motifs is 1. The Labute approximate surface area is 222 Å². The molecule has 13 nitrogen and oxygen atoms in total. The Bertz CT molecular complexity index is 1350. The van der Waals surface area contributed by atoms with E-state index in [0.29, 0.717) is 11.1 Å². The van der Waals surface area contributed by atoms with Gasteiger partial charge in [-0.15, -0.1) is 0 Å². The molecular weight excluding hydrogens is 510 g/mol. The van der Waals surface area contributed by atoms with E-state index in [1.807, 2.05) is 12.1 Å². The Hall–Kier alpha value is -4.91. The minimum absolute atomic E-state index is 0.00573. The predicted octanol–water partition coefficient (Wildman–Crippen LogP) is -0.369. The molecule has 9 N–H and O–H groups in total. The smallest absolute Gasteiger partial charge is 0.326 e. The fourth-order valence-corrected chi connectivity index (χ4v) is 3.98. The van der Waals surface area contributed by atoms with Crippen LogP contribution in [-0.4, -0.2) is 74.6 Å². The third-order valence-electron chi connectivity index (χ3n) is 5.94. The number of para-hydroxylation sites is 1. The molecular formula is C26H29N5O8. The number of nitrogens with one attached hydrogen (secondary N) is 4. The van der Waals surface area contributed by atoms with Crippen LogP contribution in [0, 0.1) is 0 Å². The summed E-state index contributed by atoms with van der Waals surface area (Å²) >= 11 is 0. The van der Waals surface area contributed by atoms with Crippen LogP contribution in [0.4, 0.5) is 0 Å². The van der Waals surface area contributed by atoms with Crippen LogP contribution in [0.3, 0.4) is 0 Å². The van der Waals surface area contributed by atoms with E-state index in [4.69, 9.17) is 5.73 Å². The minimum atomic E-state index is -1.52. The van der Waals surface area contributed by atoms with Gasteiger partial charge in [-0.3, -0.25) is 19.2 Å². The first-order valence-electron chi connectivity index (χ1n) is 11.9. The van der Waals surface area contributed by atoms with Gasteiger partial charge in [-0.05, 0) is 29.3 Å². The number of phenolic OH excluding ortho intramolecular Hbond substituents is 1. The zero-order valence-corrected chi connectivity index (χ0v) is 20.7. The Balaban J connectivity index is 1.86.